The van der Waals surface area contributed by atoms with Gasteiger partial charge in [-0.2, -0.15) is 0 Å². The topological polar surface area (TPSA) is 242 Å². The van der Waals surface area contributed by atoms with Crippen molar-refractivity contribution in [3.05, 3.63) is 0 Å². The maximum absolute atomic E-state index is 12.3. The van der Waals surface area contributed by atoms with Crippen LogP contribution in [0.2, 0.25) is 0 Å². The smallest absolute Gasteiger partial charge is 0.243 e. The summed E-state index contributed by atoms with van der Waals surface area (Å²) < 4.78 is 43.5. The van der Waals surface area contributed by atoms with Crippen molar-refractivity contribution in [2.75, 3.05) is 119 Å². The van der Waals surface area contributed by atoms with Gasteiger partial charge in [-0.15, -0.1) is 0 Å². The molecule has 0 aliphatic carbocycles. The predicted octanol–water partition coefficient (Wildman–Crippen LogP) is 0.552. The molecular formula is C37H77N5O14. The number of nitrogens with zero attached hydrogens (tertiary/aromatic N) is 1. The minimum Gasteiger partial charge on any atom is -0.379 e. The number of imide groups is 1. The van der Waals surface area contributed by atoms with E-state index in [9.17, 15) is 28.8 Å². The fourth-order valence-corrected chi connectivity index (χ4v) is 4.61. The zero-order chi connectivity index (χ0) is 42.0. The highest BCUT2D eigenvalue weighted by Gasteiger charge is 2.35. The van der Waals surface area contributed by atoms with Crippen LogP contribution >= 0.6 is 0 Å². The quantitative estimate of drug-likeness (QED) is 0.0505. The van der Waals surface area contributed by atoms with Gasteiger partial charge in [0.05, 0.1) is 106 Å². The third-order valence-electron chi connectivity index (χ3n) is 7.73. The number of hydrogen-bond donors (Lipinski definition) is 4. The summed E-state index contributed by atoms with van der Waals surface area (Å²) in [6.45, 7) is 17.3. The van der Waals surface area contributed by atoms with Gasteiger partial charge in [0.15, 0.2) is 0 Å². The second kappa shape index (κ2) is 34.9. The molecule has 19 nitrogen and oxygen atoms in total. The first-order valence-electron chi connectivity index (χ1n) is 19.6. The van der Waals surface area contributed by atoms with E-state index in [1.807, 2.05) is 13.8 Å². The second-order valence-electron chi connectivity index (χ2n) is 12.7. The second-order valence-corrected chi connectivity index (χ2v) is 12.7. The van der Waals surface area contributed by atoms with Crippen molar-refractivity contribution in [2.24, 2.45) is 17.6 Å². The Morgan fingerprint density at radius 2 is 1.07 bits per heavy atom. The molecule has 1 saturated heterocycles. The Hall–Kier alpha value is -3.30. The molecule has 3 atom stereocenters. The Balaban J connectivity index is -0.00000165. The molecule has 1 aliphatic rings. The minimum absolute atomic E-state index is 0. The summed E-state index contributed by atoms with van der Waals surface area (Å²) in [4.78, 5) is 72.4. The first-order valence-corrected chi connectivity index (χ1v) is 19.6. The molecular weight excluding hydrogens is 738 g/mol. The lowest BCUT2D eigenvalue weighted by molar-refractivity contribution is -0.139. The molecule has 0 bridgehead atoms. The van der Waals surface area contributed by atoms with Crippen LogP contribution in [0.1, 0.15) is 66.5 Å². The van der Waals surface area contributed by atoms with Crippen LogP contribution < -0.4 is 21.7 Å². The van der Waals surface area contributed by atoms with Gasteiger partial charge in [0.1, 0.15) is 12.1 Å². The highest BCUT2D eigenvalue weighted by Crippen LogP contribution is 2.18. The Kier molecular flexibility index (Phi) is 32.9. The average Bonchev–Trinajstić information content (AvgIpc) is 3.41. The van der Waals surface area contributed by atoms with Crippen LogP contribution in [0, 0.1) is 11.8 Å². The number of rotatable bonds is 35. The van der Waals surface area contributed by atoms with E-state index in [0.29, 0.717) is 106 Å². The fraction of sp³-hybridized carbons (Fsp3) is 0.838. The van der Waals surface area contributed by atoms with Gasteiger partial charge in [0.2, 0.25) is 35.4 Å². The lowest BCUT2D eigenvalue weighted by Crippen LogP contribution is -2.54. The Morgan fingerprint density at radius 3 is 1.45 bits per heavy atom. The van der Waals surface area contributed by atoms with Crippen LogP contribution in [0.5, 0.6) is 0 Å². The van der Waals surface area contributed by atoms with Crippen molar-refractivity contribution in [2.45, 2.75) is 72.9 Å². The number of amides is 6. The van der Waals surface area contributed by atoms with E-state index in [1.54, 1.807) is 20.8 Å². The molecule has 0 aromatic carbocycles. The molecule has 6 amide bonds. The third-order valence-corrected chi connectivity index (χ3v) is 7.73. The fourth-order valence-electron chi connectivity index (χ4n) is 4.61. The van der Waals surface area contributed by atoms with E-state index in [1.165, 1.54) is 6.92 Å². The van der Waals surface area contributed by atoms with Crippen molar-refractivity contribution in [3.63, 3.8) is 0 Å². The molecule has 0 radical (unpaired) electrons. The van der Waals surface area contributed by atoms with Gasteiger partial charge in [-0.1, -0.05) is 34.6 Å². The Bertz CT molecular complexity index is 1120. The molecule has 0 aromatic heterocycles. The summed E-state index contributed by atoms with van der Waals surface area (Å²) >= 11 is 0. The van der Waals surface area contributed by atoms with Gasteiger partial charge in [-0.05, 0) is 12.8 Å². The van der Waals surface area contributed by atoms with E-state index >= 15 is 0 Å². The van der Waals surface area contributed by atoms with Gasteiger partial charge in [-0.3, -0.25) is 33.7 Å². The number of nitrogens with two attached hydrogens (primary N) is 1. The third kappa shape index (κ3) is 27.3. The van der Waals surface area contributed by atoms with Crippen LogP contribution in [0.3, 0.4) is 0 Å². The highest BCUT2D eigenvalue weighted by molar-refractivity contribution is 6.03. The van der Waals surface area contributed by atoms with Crippen LogP contribution in [0.25, 0.3) is 0 Å². The van der Waals surface area contributed by atoms with Crippen molar-refractivity contribution in [1.29, 1.82) is 0 Å². The number of primary amides is 1. The van der Waals surface area contributed by atoms with Gasteiger partial charge in [0, 0.05) is 44.0 Å². The molecule has 1 fully saturated rings. The molecule has 1 aliphatic heterocycles. The molecule has 1 unspecified atom stereocenters. The Labute approximate surface area is 337 Å². The summed E-state index contributed by atoms with van der Waals surface area (Å²) in [6.07, 6.45) is 0.352. The predicted molar refractivity (Wildman–Crippen MR) is 213 cm³/mol. The van der Waals surface area contributed by atoms with Crippen molar-refractivity contribution in [1.82, 2.24) is 20.9 Å². The molecule has 0 saturated carbocycles. The summed E-state index contributed by atoms with van der Waals surface area (Å²) in [5.41, 5.74) is 5.18. The normalized spacial score (nSPS) is 15.0. The molecule has 1 heterocycles. The van der Waals surface area contributed by atoms with Crippen LogP contribution in [0.15, 0.2) is 0 Å². The van der Waals surface area contributed by atoms with Crippen LogP contribution in [-0.2, 0) is 66.7 Å². The van der Waals surface area contributed by atoms with Crippen molar-refractivity contribution >= 4 is 35.4 Å². The maximum Gasteiger partial charge on any atom is 0.243 e. The zero-order valence-corrected chi connectivity index (χ0v) is 34.4. The summed E-state index contributed by atoms with van der Waals surface area (Å²) in [7, 11) is 0. The number of nitrogens with one attached hydrogen (secondary N) is 3. The van der Waals surface area contributed by atoms with Crippen molar-refractivity contribution < 1.29 is 72.4 Å². The number of ether oxygens (including phenoxy) is 8. The van der Waals surface area contributed by atoms with E-state index in [-0.39, 0.29) is 73.6 Å². The first-order chi connectivity index (χ1) is 26.9. The van der Waals surface area contributed by atoms with E-state index < -0.39 is 23.9 Å². The molecule has 0 spiro atoms. The number of carbonyl (C=O) groups excluding carboxylic acids is 6. The number of carbonyl (C=O) groups is 6. The lowest BCUT2D eigenvalue weighted by Gasteiger charge is -2.23. The molecule has 19 heteroatoms. The van der Waals surface area contributed by atoms with Gasteiger partial charge in [-0.25, -0.2) is 0 Å². The Morgan fingerprint density at radius 1 is 0.661 bits per heavy atom. The molecule has 0 aromatic rings. The van der Waals surface area contributed by atoms with E-state index in [0.717, 1.165) is 4.90 Å². The lowest BCUT2D eigenvalue weighted by atomic mass is 10.0. The van der Waals surface area contributed by atoms with Gasteiger partial charge >= 0.3 is 0 Å². The largest absolute Gasteiger partial charge is 0.379 e. The molecule has 5 N–H and O–H groups in total. The summed E-state index contributed by atoms with van der Waals surface area (Å²) in [5, 5.41) is 7.85. The summed E-state index contributed by atoms with van der Waals surface area (Å²) in [5.74, 6) is -2.65. The maximum atomic E-state index is 12.3. The summed E-state index contributed by atoms with van der Waals surface area (Å²) in [6, 6.07) is -1.63. The monoisotopic (exact) mass is 816 g/mol. The van der Waals surface area contributed by atoms with Crippen LogP contribution in [0.4, 0.5) is 0 Å². The van der Waals surface area contributed by atoms with Gasteiger partial charge < -0.3 is 59.6 Å². The van der Waals surface area contributed by atoms with Crippen LogP contribution in [-0.4, -0.2) is 171 Å². The molecule has 334 valence electrons. The zero-order valence-electron chi connectivity index (χ0n) is 34.4. The minimum atomic E-state index is -0.836. The standard InChI is InChI=1S/C35H63N5O14.C2H6.4H2/c1-26(2)32(34(45)38-28(4)33(36)44)39-30(42)6-9-47-11-13-49-15-17-51-19-21-53-23-24-54-22-20-52-18-16-50-14-12-48-10-7-37-29(41)5-8-40-31(43)25-27(3)35(40)46;1-2;;;;/h26-28,32H,5-25H2,1-4H3,(H2,36,44)(H,37,41)(H,38,45)(H,39,42);1-2H3;4*1H/t27?,28-,32-;;;;;/m0...../s1. The van der Waals surface area contributed by atoms with Crippen molar-refractivity contribution in [3.8, 4) is 0 Å². The first kappa shape index (κ1) is 52.7. The number of likely N-dealkylation sites (tertiary alicyclic amines) is 1. The van der Waals surface area contributed by atoms with E-state index in [2.05, 4.69) is 16.0 Å². The molecule has 56 heavy (non-hydrogen) atoms. The molecule has 1 rings (SSSR count). The highest BCUT2D eigenvalue weighted by atomic mass is 16.6. The van der Waals surface area contributed by atoms with Gasteiger partial charge in [0.25, 0.3) is 0 Å². The van der Waals surface area contributed by atoms with E-state index in [4.69, 9.17) is 43.6 Å². The number of hydrogen-bond acceptors (Lipinski definition) is 14. The SMILES string of the molecule is CC.CC1CC(=O)N(CCC(=O)NCCOCCOCCOCCOCCOCCOCCOCCOCCC(=O)N[C@H](C(=O)N[C@@H](C)C(N)=O)C(C)C)C1=O.[HH].[HH].[HH].[HH]. The average molecular weight is 816 g/mol.